The molecule has 1 aromatic heterocycles. The number of halogens is 1. The number of carbonyl (C=O) groups is 2. The van der Waals surface area contributed by atoms with E-state index in [0.29, 0.717) is 16.3 Å². The van der Waals surface area contributed by atoms with Crippen molar-refractivity contribution in [2.45, 2.75) is 0 Å². The number of carboxylic acid groups (broad SMARTS) is 1. The molecule has 0 aliphatic rings. The van der Waals surface area contributed by atoms with Gasteiger partial charge in [0.2, 0.25) is 0 Å². The van der Waals surface area contributed by atoms with Gasteiger partial charge in [0, 0.05) is 12.7 Å². The minimum absolute atomic E-state index is 0.00327. The average molecular weight is 355 g/mol. The van der Waals surface area contributed by atoms with E-state index in [-0.39, 0.29) is 11.5 Å². The lowest BCUT2D eigenvalue weighted by atomic mass is 10.1. The summed E-state index contributed by atoms with van der Waals surface area (Å²) in [4.78, 5) is 25.4. The van der Waals surface area contributed by atoms with Gasteiger partial charge >= 0.3 is 5.97 Å². The van der Waals surface area contributed by atoms with Gasteiger partial charge < -0.3 is 15.7 Å². The Hall–Kier alpha value is -1.86. The molecule has 5 nitrogen and oxygen atoms in total. The topological polar surface area (TPSA) is 83.6 Å². The molecule has 0 bridgehead atoms. The third-order valence-corrected chi connectivity index (χ3v) is 4.31. The number of hydrogen-bond acceptors (Lipinski definition) is 4. The van der Waals surface area contributed by atoms with Crippen LogP contribution in [-0.2, 0) is 0 Å². The maximum absolute atomic E-state index is 12.3. The van der Waals surface area contributed by atoms with Crippen LogP contribution >= 0.6 is 27.3 Å². The van der Waals surface area contributed by atoms with Crippen molar-refractivity contribution in [3.63, 3.8) is 0 Å². The number of anilines is 2. The van der Waals surface area contributed by atoms with Crippen molar-refractivity contribution in [1.29, 1.82) is 0 Å². The van der Waals surface area contributed by atoms with E-state index < -0.39 is 5.97 Å². The van der Waals surface area contributed by atoms with E-state index in [9.17, 15) is 14.7 Å². The van der Waals surface area contributed by atoms with Gasteiger partial charge in [-0.15, -0.1) is 11.3 Å². The lowest BCUT2D eigenvalue weighted by molar-refractivity contribution is 0.0698. The molecule has 7 heteroatoms. The van der Waals surface area contributed by atoms with E-state index in [1.165, 1.54) is 35.4 Å². The molecule has 20 heavy (non-hydrogen) atoms. The molecule has 0 fully saturated rings. The van der Waals surface area contributed by atoms with Crippen LogP contribution in [0.5, 0.6) is 0 Å². The van der Waals surface area contributed by atoms with Crippen molar-refractivity contribution in [3.8, 4) is 0 Å². The van der Waals surface area contributed by atoms with E-state index in [1.807, 2.05) is 0 Å². The number of thiophene rings is 1. The first-order valence-electron chi connectivity index (χ1n) is 5.56. The molecule has 2 rings (SSSR count). The van der Waals surface area contributed by atoms with Crippen LogP contribution in [0.25, 0.3) is 0 Å². The number of carbonyl (C=O) groups excluding carboxylic acids is 1. The van der Waals surface area contributed by atoms with Crippen LogP contribution in [0.15, 0.2) is 34.1 Å². The third-order valence-electron chi connectivity index (χ3n) is 2.70. The molecule has 0 aliphatic carbocycles. The van der Waals surface area contributed by atoms with Gasteiger partial charge in [-0.25, -0.2) is 4.79 Å². The van der Waals surface area contributed by atoms with E-state index in [1.54, 1.807) is 18.2 Å². The number of carboxylic acids is 1. The van der Waals surface area contributed by atoms with Crippen molar-refractivity contribution < 1.29 is 14.7 Å². The van der Waals surface area contributed by atoms with Crippen molar-refractivity contribution >= 4 is 50.5 Å². The van der Waals surface area contributed by atoms with Crippen LogP contribution in [0, 0.1) is 0 Å². The highest BCUT2D eigenvalue weighted by Gasteiger charge is 2.20. The number of aromatic carboxylic acids is 1. The van der Waals surface area contributed by atoms with E-state index in [0.717, 1.165) is 3.79 Å². The van der Waals surface area contributed by atoms with Gasteiger partial charge in [0.15, 0.2) is 0 Å². The monoisotopic (exact) mass is 354 g/mol. The zero-order valence-corrected chi connectivity index (χ0v) is 12.9. The first-order valence-corrected chi connectivity index (χ1v) is 7.17. The molecule has 104 valence electrons. The van der Waals surface area contributed by atoms with Crippen molar-refractivity contribution in [3.05, 3.63) is 44.6 Å². The van der Waals surface area contributed by atoms with E-state index in [2.05, 4.69) is 15.9 Å². The molecule has 0 atom stereocenters. The molecule has 1 aromatic carbocycles. The molecule has 1 amide bonds. The van der Waals surface area contributed by atoms with Gasteiger partial charge in [-0.1, -0.05) is 0 Å². The Balaban J connectivity index is 2.40. The molecule has 2 aromatic rings. The summed E-state index contributed by atoms with van der Waals surface area (Å²) in [5.74, 6) is -1.40. The molecule has 0 unspecified atom stereocenters. The van der Waals surface area contributed by atoms with Gasteiger partial charge in [-0.2, -0.15) is 0 Å². The zero-order chi connectivity index (χ0) is 14.9. The summed E-state index contributed by atoms with van der Waals surface area (Å²) in [5.41, 5.74) is 6.23. The number of nitrogens with two attached hydrogens (primary N) is 1. The van der Waals surface area contributed by atoms with Gasteiger partial charge in [-0.05, 0) is 46.3 Å². The molecule has 1 heterocycles. The zero-order valence-electron chi connectivity index (χ0n) is 10.5. The number of benzene rings is 1. The Morgan fingerprint density at radius 3 is 2.55 bits per heavy atom. The first kappa shape index (κ1) is 14.5. The van der Waals surface area contributed by atoms with Crippen molar-refractivity contribution in [2.24, 2.45) is 0 Å². The Morgan fingerprint density at radius 1 is 1.30 bits per heavy atom. The number of rotatable bonds is 3. The SMILES string of the molecule is CN(C(=O)c1ccc(Br)s1)c1ccc(N)cc1C(=O)O. The third kappa shape index (κ3) is 2.83. The minimum Gasteiger partial charge on any atom is -0.478 e. The molecule has 0 spiro atoms. The predicted octanol–water partition coefficient (Wildman–Crippen LogP) is 3.07. The van der Waals surface area contributed by atoms with Crippen molar-refractivity contribution in [2.75, 3.05) is 17.7 Å². The lowest BCUT2D eigenvalue weighted by Crippen LogP contribution is -2.27. The smallest absolute Gasteiger partial charge is 0.337 e. The van der Waals surface area contributed by atoms with E-state index >= 15 is 0 Å². The Kier molecular flexibility index (Phi) is 4.10. The Bertz CT molecular complexity index is 684. The standard InChI is InChI=1S/C13H11BrN2O3S/c1-16(12(17)10-4-5-11(14)20-10)9-3-2-7(15)6-8(9)13(18)19/h2-6H,15H2,1H3,(H,18,19). The fourth-order valence-electron chi connectivity index (χ4n) is 1.72. The molecule has 0 saturated carbocycles. The maximum atomic E-state index is 12.3. The van der Waals surface area contributed by atoms with Gasteiger partial charge in [0.1, 0.15) is 0 Å². The maximum Gasteiger partial charge on any atom is 0.337 e. The highest BCUT2D eigenvalue weighted by atomic mass is 79.9. The summed E-state index contributed by atoms with van der Waals surface area (Å²) in [5, 5.41) is 9.20. The van der Waals surface area contributed by atoms with Crippen LogP contribution in [0.1, 0.15) is 20.0 Å². The molecule has 0 radical (unpaired) electrons. The molecular formula is C13H11BrN2O3S. The largest absolute Gasteiger partial charge is 0.478 e. The van der Waals surface area contributed by atoms with Crippen LogP contribution in [0.4, 0.5) is 11.4 Å². The minimum atomic E-state index is -1.13. The number of nitrogens with zero attached hydrogens (tertiary/aromatic N) is 1. The fraction of sp³-hybridized carbons (Fsp3) is 0.0769. The summed E-state index contributed by atoms with van der Waals surface area (Å²) in [6, 6.07) is 7.89. The van der Waals surface area contributed by atoms with Crippen LogP contribution < -0.4 is 10.6 Å². The molecule has 0 aliphatic heterocycles. The Labute approximate surface area is 127 Å². The number of nitrogen functional groups attached to an aromatic ring is 1. The molecule has 0 saturated heterocycles. The average Bonchev–Trinajstić information content (AvgIpc) is 2.83. The second kappa shape index (κ2) is 5.64. The fourth-order valence-corrected chi connectivity index (χ4v) is 3.08. The lowest BCUT2D eigenvalue weighted by Gasteiger charge is -2.19. The highest BCUT2D eigenvalue weighted by Crippen LogP contribution is 2.27. The van der Waals surface area contributed by atoms with Crippen molar-refractivity contribution in [1.82, 2.24) is 0 Å². The highest BCUT2D eigenvalue weighted by molar-refractivity contribution is 9.11. The summed E-state index contributed by atoms with van der Waals surface area (Å²) in [6.45, 7) is 0. The summed E-state index contributed by atoms with van der Waals surface area (Å²) in [7, 11) is 1.54. The quantitative estimate of drug-likeness (QED) is 0.829. The summed E-state index contributed by atoms with van der Waals surface area (Å²) >= 11 is 4.58. The second-order valence-electron chi connectivity index (χ2n) is 4.05. The predicted molar refractivity (Wildman–Crippen MR) is 82.6 cm³/mol. The normalized spacial score (nSPS) is 10.3. The van der Waals surface area contributed by atoms with E-state index in [4.69, 9.17) is 5.73 Å². The summed E-state index contributed by atoms with van der Waals surface area (Å²) < 4.78 is 0.838. The summed E-state index contributed by atoms with van der Waals surface area (Å²) in [6.07, 6.45) is 0. The van der Waals surface area contributed by atoms with Crippen LogP contribution in [0.3, 0.4) is 0 Å². The second-order valence-corrected chi connectivity index (χ2v) is 6.51. The first-order chi connectivity index (χ1) is 9.40. The van der Waals surface area contributed by atoms with Gasteiger partial charge in [0.25, 0.3) is 5.91 Å². The molecular weight excluding hydrogens is 344 g/mol. The van der Waals surface area contributed by atoms with Gasteiger partial charge in [0.05, 0.1) is 19.9 Å². The van der Waals surface area contributed by atoms with Gasteiger partial charge in [-0.3, -0.25) is 4.79 Å². The number of amides is 1. The molecule has 3 N–H and O–H groups in total. The van der Waals surface area contributed by atoms with Crippen LogP contribution in [0.2, 0.25) is 0 Å². The number of hydrogen-bond donors (Lipinski definition) is 2. The Morgan fingerprint density at radius 2 is 2.00 bits per heavy atom. The van der Waals surface area contributed by atoms with Crippen LogP contribution in [-0.4, -0.2) is 24.0 Å².